The molecule has 0 amide bonds. The molecule has 1 aromatic heterocycles. The van der Waals surface area contributed by atoms with Crippen LogP contribution < -0.4 is 4.90 Å². The number of hydrogen-bond acceptors (Lipinski definition) is 4. The van der Waals surface area contributed by atoms with Crippen molar-refractivity contribution in [3.05, 3.63) is 51.9 Å². The largest absolute Gasteiger partial charge is 0.355 e. The van der Waals surface area contributed by atoms with Crippen molar-refractivity contribution < 1.29 is 4.79 Å². The molecule has 0 aliphatic heterocycles. The molecule has 0 bridgehead atoms. The predicted molar refractivity (Wildman–Crippen MR) is 76.0 cm³/mol. The third-order valence-corrected chi connectivity index (χ3v) is 3.18. The van der Waals surface area contributed by atoms with Crippen molar-refractivity contribution in [1.29, 1.82) is 0 Å². The van der Waals surface area contributed by atoms with Gasteiger partial charge in [-0.1, -0.05) is 35.3 Å². The van der Waals surface area contributed by atoms with Crippen molar-refractivity contribution in [2.45, 2.75) is 6.54 Å². The third kappa shape index (κ3) is 3.22. The lowest BCUT2D eigenvalue weighted by Crippen LogP contribution is -2.19. The highest BCUT2D eigenvalue weighted by Gasteiger charge is 2.13. The van der Waals surface area contributed by atoms with E-state index < -0.39 is 0 Å². The highest BCUT2D eigenvalue weighted by molar-refractivity contribution is 6.32. The summed E-state index contributed by atoms with van der Waals surface area (Å²) < 4.78 is 0. The predicted octanol–water partition coefficient (Wildman–Crippen LogP) is 3.23. The van der Waals surface area contributed by atoms with Gasteiger partial charge in [0.05, 0.1) is 5.56 Å². The third-order valence-electron chi connectivity index (χ3n) is 2.63. The summed E-state index contributed by atoms with van der Waals surface area (Å²) in [5.41, 5.74) is 1.35. The van der Waals surface area contributed by atoms with Gasteiger partial charge in [0.15, 0.2) is 6.29 Å². The number of anilines is 1. The van der Waals surface area contributed by atoms with Crippen molar-refractivity contribution in [3.8, 4) is 0 Å². The lowest BCUT2D eigenvalue weighted by Gasteiger charge is -2.19. The van der Waals surface area contributed by atoms with E-state index in [0.29, 0.717) is 29.2 Å². The van der Waals surface area contributed by atoms with Gasteiger partial charge in [0, 0.05) is 18.6 Å². The Labute approximate surface area is 121 Å². The molecule has 0 aliphatic carbocycles. The maximum Gasteiger partial charge on any atom is 0.156 e. The number of hydrogen-bond donors (Lipinski definition) is 0. The molecular formula is C13H11Cl2N3O. The fourth-order valence-corrected chi connectivity index (χ4v) is 2.01. The molecule has 0 unspecified atom stereocenters. The number of carbonyl (C=O) groups is 1. The summed E-state index contributed by atoms with van der Waals surface area (Å²) in [6, 6.07) is 7.47. The van der Waals surface area contributed by atoms with E-state index in [1.165, 1.54) is 6.33 Å². The van der Waals surface area contributed by atoms with Gasteiger partial charge in [0.25, 0.3) is 0 Å². The number of halogens is 2. The number of aromatic nitrogens is 2. The van der Waals surface area contributed by atoms with Crippen molar-refractivity contribution >= 4 is 35.3 Å². The van der Waals surface area contributed by atoms with Gasteiger partial charge < -0.3 is 4.90 Å². The van der Waals surface area contributed by atoms with Gasteiger partial charge in [-0.15, -0.1) is 0 Å². The Morgan fingerprint density at radius 1 is 1.21 bits per heavy atom. The van der Waals surface area contributed by atoms with Crippen LogP contribution in [0.1, 0.15) is 15.9 Å². The first-order chi connectivity index (χ1) is 9.11. The van der Waals surface area contributed by atoms with Gasteiger partial charge in [-0.3, -0.25) is 4.79 Å². The Hall–Kier alpha value is -1.65. The molecule has 4 nitrogen and oxygen atoms in total. The summed E-state index contributed by atoms with van der Waals surface area (Å²) in [5.74, 6) is 0.505. The molecule has 0 fully saturated rings. The SMILES string of the molecule is CN(Cc1ccc(Cl)cc1)c1ncnc(Cl)c1C=O. The number of aldehydes is 1. The van der Waals surface area contributed by atoms with Gasteiger partial charge in [-0.2, -0.15) is 0 Å². The number of carbonyl (C=O) groups excluding carboxylic acids is 1. The van der Waals surface area contributed by atoms with E-state index in [1.807, 2.05) is 36.2 Å². The molecule has 98 valence electrons. The second-order valence-corrected chi connectivity index (χ2v) is 4.80. The molecule has 0 saturated heterocycles. The Kier molecular flexibility index (Phi) is 4.35. The van der Waals surface area contributed by atoms with Crippen LogP contribution in [0.5, 0.6) is 0 Å². The summed E-state index contributed by atoms with van der Waals surface area (Å²) in [4.78, 5) is 20.8. The van der Waals surface area contributed by atoms with E-state index in [2.05, 4.69) is 9.97 Å². The molecule has 2 aromatic rings. The van der Waals surface area contributed by atoms with E-state index in [1.54, 1.807) is 0 Å². The molecule has 0 atom stereocenters. The fraction of sp³-hybridized carbons (Fsp3) is 0.154. The standard InChI is InChI=1S/C13H11Cl2N3O/c1-18(6-9-2-4-10(14)5-3-9)13-11(7-19)12(15)16-8-17-13/h2-5,7-8H,6H2,1H3. The van der Waals surface area contributed by atoms with Crippen molar-refractivity contribution in [1.82, 2.24) is 9.97 Å². The molecule has 0 N–H and O–H groups in total. The van der Waals surface area contributed by atoms with Crippen LogP contribution in [0, 0.1) is 0 Å². The van der Waals surface area contributed by atoms with Crippen LogP contribution in [0.15, 0.2) is 30.6 Å². The van der Waals surface area contributed by atoms with Crippen LogP contribution in [-0.2, 0) is 6.54 Å². The quantitative estimate of drug-likeness (QED) is 0.642. The number of nitrogens with zero attached hydrogens (tertiary/aromatic N) is 3. The molecule has 2 rings (SSSR count). The zero-order chi connectivity index (χ0) is 13.8. The molecular weight excluding hydrogens is 285 g/mol. The minimum Gasteiger partial charge on any atom is -0.355 e. The van der Waals surface area contributed by atoms with Gasteiger partial charge in [0.1, 0.15) is 17.3 Å². The molecule has 1 heterocycles. The van der Waals surface area contributed by atoms with Crippen LogP contribution in [0.2, 0.25) is 10.2 Å². The van der Waals surface area contributed by atoms with Gasteiger partial charge >= 0.3 is 0 Å². The van der Waals surface area contributed by atoms with Crippen molar-refractivity contribution in [2.75, 3.05) is 11.9 Å². The van der Waals surface area contributed by atoms with Gasteiger partial charge in [-0.25, -0.2) is 9.97 Å². The van der Waals surface area contributed by atoms with Crippen LogP contribution >= 0.6 is 23.2 Å². The Morgan fingerprint density at radius 3 is 2.53 bits per heavy atom. The van der Waals surface area contributed by atoms with Crippen LogP contribution in [0.25, 0.3) is 0 Å². The number of benzene rings is 1. The second-order valence-electron chi connectivity index (χ2n) is 4.00. The van der Waals surface area contributed by atoms with Crippen molar-refractivity contribution in [3.63, 3.8) is 0 Å². The molecule has 1 aromatic carbocycles. The minimum absolute atomic E-state index is 0.156. The van der Waals surface area contributed by atoms with Crippen LogP contribution in [0.3, 0.4) is 0 Å². The second kappa shape index (κ2) is 5.99. The summed E-state index contributed by atoms with van der Waals surface area (Å²) in [6.07, 6.45) is 2.00. The molecule has 0 radical (unpaired) electrons. The maximum absolute atomic E-state index is 11.0. The zero-order valence-corrected chi connectivity index (χ0v) is 11.7. The smallest absolute Gasteiger partial charge is 0.156 e. The minimum atomic E-state index is 0.156. The summed E-state index contributed by atoms with van der Waals surface area (Å²) in [7, 11) is 1.83. The number of rotatable bonds is 4. The van der Waals surface area contributed by atoms with E-state index >= 15 is 0 Å². The summed E-state index contributed by atoms with van der Waals surface area (Å²) >= 11 is 11.7. The molecule has 6 heteroatoms. The highest BCUT2D eigenvalue weighted by atomic mass is 35.5. The van der Waals surface area contributed by atoms with E-state index in [4.69, 9.17) is 23.2 Å². The van der Waals surface area contributed by atoms with E-state index in [-0.39, 0.29) is 5.15 Å². The first-order valence-electron chi connectivity index (χ1n) is 5.53. The van der Waals surface area contributed by atoms with Crippen LogP contribution in [0.4, 0.5) is 5.82 Å². The molecule has 19 heavy (non-hydrogen) atoms. The van der Waals surface area contributed by atoms with Gasteiger partial charge in [-0.05, 0) is 17.7 Å². The fourth-order valence-electron chi connectivity index (χ4n) is 1.71. The van der Waals surface area contributed by atoms with E-state index in [0.717, 1.165) is 5.56 Å². The Bertz CT molecular complexity index is 587. The normalized spacial score (nSPS) is 10.3. The maximum atomic E-state index is 11.0. The molecule has 0 saturated carbocycles. The average Bonchev–Trinajstić information content (AvgIpc) is 2.41. The van der Waals surface area contributed by atoms with Crippen molar-refractivity contribution in [2.24, 2.45) is 0 Å². The summed E-state index contributed by atoms with van der Waals surface area (Å²) in [6.45, 7) is 0.589. The Balaban J connectivity index is 2.25. The Morgan fingerprint density at radius 2 is 1.89 bits per heavy atom. The summed E-state index contributed by atoms with van der Waals surface area (Å²) in [5, 5.41) is 0.841. The first-order valence-corrected chi connectivity index (χ1v) is 6.28. The molecule has 0 spiro atoms. The van der Waals surface area contributed by atoms with E-state index in [9.17, 15) is 4.79 Å². The molecule has 0 aliphatic rings. The van der Waals surface area contributed by atoms with Gasteiger partial charge in [0.2, 0.25) is 0 Å². The topological polar surface area (TPSA) is 46.1 Å². The van der Waals surface area contributed by atoms with Crippen LogP contribution in [-0.4, -0.2) is 23.3 Å². The lowest BCUT2D eigenvalue weighted by atomic mass is 10.2. The first kappa shape index (κ1) is 13.8. The zero-order valence-electron chi connectivity index (χ0n) is 10.2. The monoisotopic (exact) mass is 295 g/mol. The average molecular weight is 296 g/mol. The lowest BCUT2D eigenvalue weighted by molar-refractivity contribution is 0.112. The highest BCUT2D eigenvalue weighted by Crippen LogP contribution is 2.22.